The number of hydrogen-bond donors (Lipinski definition) is 1. The highest BCUT2D eigenvalue weighted by Gasteiger charge is 2.31. The van der Waals surface area contributed by atoms with Crippen LogP contribution in [0.1, 0.15) is 44.4 Å². The summed E-state index contributed by atoms with van der Waals surface area (Å²) >= 11 is 0. The Labute approximate surface area is 105 Å². The molecular weight excluding hydrogens is 208 g/mol. The van der Waals surface area contributed by atoms with Crippen LogP contribution in [0.15, 0.2) is 24.3 Å². The molecule has 1 aliphatic heterocycles. The highest BCUT2D eigenvalue weighted by atomic mass is 15.2. The van der Waals surface area contributed by atoms with E-state index in [-0.39, 0.29) is 5.54 Å². The summed E-state index contributed by atoms with van der Waals surface area (Å²) in [4.78, 5) is 2.51. The Hall–Kier alpha value is -0.860. The van der Waals surface area contributed by atoms with Gasteiger partial charge in [-0.15, -0.1) is 0 Å². The van der Waals surface area contributed by atoms with Gasteiger partial charge in [0.1, 0.15) is 0 Å². The van der Waals surface area contributed by atoms with Crippen LogP contribution in [0.5, 0.6) is 0 Å². The van der Waals surface area contributed by atoms with Crippen LogP contribution in [0.2, 0.25) is 0 Å². The van der Waals surface area contributed by atoms with Gasteiger partial charge >= 0.3 is 0 Å². The van der Waals surface area contributed by atoms with Crippen molar-refractivity contribution in [3.05, 3.63) is 35.4 Å². The summed E-state index contributed by atoms with van der Waals surface area (Å²) in [7, 11) is 2.25. The van der Waals surface area contributed by atoms with Gasteiger partial charge in [-0.05, 0) is 38.4 Å². The lowest BCUT2D eigenvalue weighted by atomic mass is 9.91. The molecule has 17 heavy (non-hydrogen) atoms. The minimum absolute atomic E-state index is 0.247. The Balaban J connectivity index is 2.30. The molecule has 0 aliphatic carbocycles. The number of hydrogen-bond acceptors (Lipinski definition) is 2. The molecule has 0 spiro atoms. The average Bonchev–Trinajstić information content (AvgIpc) is 2.37. The van der Waals surface area contributed by atoms with E-state index in [1.165, 1.54) is 17.5 Å². The van der Waals surface area contributed by atoms with Crippen molar-refractivity contribution in [2.75, 3.05) is 13.6 Å². The average molecular weight is 232 g/mol. The minimum Gasteiger partial charge on any atom is -0.311 e. The number of rotatable bonds is 3. The molecule has 94 valence electrons. The molecule has 1 atom stereocenters. The first-order valence-corrected chi connectivity index (χ1v) is 6.57. The Morgan fingerprint density at radius 1 is 1.35 bits per heavy atom. The molecule has 2 rings (SSSR count). The zero-order chi connectivity index (χ0) is 12.5. The zero-order valence-electron chi connectivity index (χ0n) is 11.5. The normalized spacial score (nSPS) is 20.4. The largest absolute Gasteiger partial charge is 0.311 e. The van der Waals surface area contributed by atoms with Crippen molar-refractivity contribution in [1.82, 2.24) is 10.2 Å². The molecular formula is C15H24N2. The molecule has 1 unspecified atom stereocenters. The first kappa shape index (κ1) is 12.6. The highest BCUT2D eigenvalue weighted by molar-refractivity contribution is 5.32. The van der Waals surface area contributed by atoms with E-state index in [1.54, 1.807) is 0 Å². The van der Waals surface area contributed by atoms with E-state index in [2.05, 4.69) is 62.3 Å². The quantitative estimate of drug-likeness (QED) is 0.862. The fourth-order valence-electron chi connectivity index (χ4n) is 2.49. The predicted molar refractivity (Wildman–Crippen MR) is 73.0 cm³/mol. The van der Waals surface area contributed by atoms with Gasteiger partial charge in [0.2, 0.25) is 0 Å². The summed E-state index contributed by atoms with van der Waals surface area (Å²) in [6.45, 7) is 8.97. The van der Waals surface area contributed by atoms with Crippen molar-refractivity contribution < 1.29 is 0 Å². The molecule has 0 aromatic heterocycles. The fourth-order valence-corrected chi connectivity index (χ4v) is 2.49. The maximum Gasteiger partial charge on any atom is 0.0478 e. The van der Waals surface area contributed by atoms with Crippen LogP contribution in [-0.4, -0.2) is 24.0 Å². The summed E-state index contributed by atoms with van der Waals surface area (Å²) in [6, 6.07) is 9.30. The molecule has 1 aromatic carbocycles. The standard InChI is InChI=1S/C15H24N2/c1-5-15(2,3)17(4)14-11-16-10-12-8-6-7-9-13(12)14/h6-9,14,16H,5,10-11H2,1-4H3. The third-order valence-electron chi connectivity index (χ3n) is 4.35. The molecule has 0 radical (unpaired) electrons. The lowest BCUT2D eigenvalue weighted by Gasteiger charge is -2.43. The van der Waals surface area contributed by atoms with Crippen molar-refractivity contribution in [1.29, 1.82) is 0 Å². The van der Waals surface area contributed by atoms with Crippen molar-refractivity contribution in [2.45, 2.75) is 45.3 Å². The van der Waals surface area contributed by atoms with Gasteiger partial charge in [0, 0.05) is 24.7 Å². The van der Waals surface area contributed by atoms with Gasteiger partial charge in [-0.3, -0.25) is 4.90 Å². The summed E-state index contributed by atoms with van der Waals surface area (Å²) in [5, 5.41) is 3.53. The Bertz CT molecular complexity index is 384. The fraction of sp³-hybridized carbons (Fsp3) is 0.600. The predicted octanol–water partition coefficient (Wildman–Crippen LogP) is 2.95. The van der Waals surface area contributed by atoms with E-state index in [9.17, 15) is 0 Å². The Morgan fingerprint density at radius 2 is 2.06 bits per heavy atom. The monoisotopic (exact) mass is 232 g/mol. The number of nitrogens with one attached hydrogen (secondary N) is 1. The van der Waals surface area contributed by atoms with Gasteiger partial charge in [-0.25, -0.2) is 0 Å². The second kappa shape index (κ2) is 4.79. The van der Waals surface area contributed by atoms with Crippen LogP contribution in [0.4, 0.5) is 0 Å². The SMILES string of the molecule is CCC(C)(C)N(C)C1CNCc2ccccc21. The molecule has 2 nitrogen and oxygen atoms in total. The highest BCUT2D eigenvalue weighted by Crippen LogP contribution is 2.32. The van der Waals surface area contributed by atoms with Crippen molar-refractivity contribution in [2.24, 2.45) is 0 Å². The number of benzene rings is 1. The third kappa shape index (κ3) is 2.38. The van der Waals surface area contributed by atoms with Crippen molar-refractivity contribution in [3.8, 4) is 0 Å². The Kier molecular flexibility index (Phi) is 3.55. The lowest BCUT2D eigenvalue weighted by molar-refractivity contribution is 0.0913. The second-order valence-corrected chi connectivity index (χ2v) is 5.62. The van der Waals surface area contributed by atoms with Crippen molar-refractivity contribution >= 4 is 0 Å². The molecule has 0 amide bonds. The maximum absolute atomic E-state index is 3.53. The second-order valence-electron chi connectivity index (χ2n) is 5.62. The van der Waals surface area contributed by atoms with E-state index in [4.69, 9.17) is 0 Å². The topological polar surface area (TPSA) is 15.3 Å². The van der Waals surface area contributed by atoms with Crippen LogP contribution in [-0.2, 0) is 6.54 Å². The number of nitrogens with zero attached hydrogens (tertiary/aromatic N) is 1. The van der Waals surface area contributed by atoms with Crippen molar-refractivity contribution in [3.63, 3.8) is 0 Å². The first-order chi connectivity index (χ1) is 8.06. The van der Waals surface area contributed by atoms with E-state index < -0.39 is 0 Å². The Morgan fingerprint density at radius 3 is 2.76 bits per heavy atom. The van der Waals surface area contributed by atoms with Crippen LogP contribution >= 0.6 is 0 Å². The number of fused-ring (bicyclic) bond motifs is 1. The van der Waals surface area contributed by atoms with Crippen LogP contribution < -0.4 is 5.32 Å². The van der Waals surface area contributed by atoms with Gasteiger partial charge in [0.15, 0.2) is 0 Å². The van der Waals surface area contributed by atoms with Crippen LogP contribution in [0, 0.1) is 0 Å². The molecule has 0 saturated carbocycles. The molecule has 2 heteroatoms. The summed E-state index contributed by atoms with van der Waals surface area (Å²) < 4.78 is 0. The molecule has 1 heterocycles. The summed E-state index contributed by atoms with van der Waals surface area (Å²) in [5.41, 5.74) is 3.19. The van der Waals surface area contributed by atoms with Gasteiger partial charge in [0.05, 0.1) is 0 Å². The molecule has 1 aromatic rings. The molecule has 0 saturated heterocycles. The van der Waals surface area contributed by atoms with Crippen LogP contribution in [0.25, 0.3) is 0 Å². The molecule has 0 fully saturated rings. The van der Waals surface area contributed by atoms with Gasteiger partial charge in [-0.2, -0.15) is 0 Å². The minimum atomic E-state index is 0.247. The summed E-state index contributed by atoms with van der Waals surface area (Å²) in [5.74, 6) is 0. The van der Waals surface area contributed by atoms with Gasteiger partial charge in [-0.1, -0.05) is 31.2 Å². The molecule has 1 N–H and O–H groups in total. The third-order valence-corrected chi connectivity index (χ3v) is 4.35. The molecule has 0 bridgehead atoms. The maximum atomic E-state index is 3.53. The van der Waals surface area contributed by atoms with Gasteiger partial charge < -0.3 is 5.32 Å². The zero-order valence-corrected chi connectivity index (χ0v) is 11.5. The smallest absolute Gasteiger partial charge is 0.0478 e. The van der Waals surface area contributed by atoms with E-state index in [1.807, 2.05) is 0 Å². The van der Waals surface area contributed by atoms with E-state index in [0.717, 1.165) is 13.1 Å². The van der Waals surface area contributed by atoms with E-state index in [0.29, 0.717) is 6.04 Å². The van der Waals surface area contributed by atoms with Gasteiger partial charge in [0.25, 0.3) is 0 Å². The van der Waals surface area contributed by atoms with E-state index >= 15 is 0 Å². The first-order valence-electron chi connectivity index (χ1n) is 6.57. The lowest BCUT2D eigenvalue weighted by Crippen LogP contribution is -2.47. The molecule has 1 aliphatic rings. The van der Waals surface area contributed by atoms with Crippen LogP contribution in [0.3, 0.4) is 0 Å². The number of likely N-dealkylation sites (N-methyl/N-ethyl adjacent to an activating group) is 1. The summed E-state index contributed by atoms with van der Waals surface area (Å²) in [6.07, 6.45) is 1.17.